The second kappa shape index (κ2) is 7.90. The minimum atomic E-state index is 0.271. The van der Waals surface area contributed by atoms with Crippen LogP contribution in [0.1, 0.15) is 31.7 Å². The maximum Gasteiger partial charge on any atom is 0.223 e. The highest BCUT2D eigenvalue weighted by atomic mass is 16.5. The van der Waals surface area contributed by atoms with Crippen LogP contribution in [0.4, 0.5) is 0 Å². The van der Waals surface area contributed by atoms with Crippen LogP contribution in [0.5, 0.6) is 5.75 Å². The number of para-hydroxylation sites is 1. The zero-order valence-corrected chi connectivity index (χ0v) is 12.2. The van der Waals surface area contributed by atoms with Gasteiger partial charge in [-0.25, -0.2) is 0 Å². The Morgan fingerprint density at radius 1 is 1.30 bits per heavy atom. The highest BCUT2D eigenvalue weighted by Crippen LogP contribution is 2.17. The molecule has 4 heteroatoms. The highest BCUT2D eigenvalue weighted by Gasteiger charge is 2.16. The normalized spacial score (nSPS) is 14.6. The lowest BCUT2D eigenvalue weighted by Crippen LogP contribution is -2.30. The van der Waals surface area contributed by atoms with Crippen molar-refractivity contribution < 1.29 is 9.53 Å². The van der Waals surface area contributed by atoms with Crippen LogP contribution in [0.2, 0.25) is 0 Å². The minimum absolute atomic E-state index is 0.271. The van der Waals surface area contributed by atoms with Crippen molar-refractivity contribution in [1.82, 2.24) is 10.2 Å². The Hall–Kier alpha value is -1.55. The van der Waals surface area contributed by atoms with Crippen molar-refractivity contribution in [2.45, 2.75) is 32.7 Å². The summed E-state index contributed by atoms with van der Waals surface area (Å²) < 4.78 is 5.58. The van der Waals surface area contributed by atoms with E-state index in [4.69, 9.17) is 4.74 Å². The summed E-state index contributed by atoms with van der Waals surface area (Å²) in [5.41, 5.74) is 1.14. The molecule has 1 heterocycles. The first-order valence-corrected chi connectivity index (χ1v) is 7.50. The first-order valence-electron chi connectivity index (χ1n) is 7.50. The van der Waals surface area contributed by atoms with E-state index in [0.717, 1.165) is 50.3 Å². The standard InChI is InChI=1S/C16H24N2O2/c1-2-20-15-8-4-3-7-14(15)13-17-10-9-16(19)18-11-5-6-12-18/h3-4,7-8,17H,2,5-6,9-13H2,1H3. The molecule has 1 aromatic carbocycles. The first-order chi connectivity index (χ1) is 9.81. The van der Waals surface area contributed by atoms with Gasteiger partial charge < -0.3 is 15.0 Å². The largest absolute Gasteiger partial charge is 0.494 e. The molecule has 1 amide bonds. The molecule has 1 fully saturated rings. The van der Waals surface area contributed by atoms with Gasteiger partial charge in [0, 0.05) is 38.2 Å². The van der Waals surface area contributed by atoms with E-state index in [1.165, 1.54) is 0 Å². The Kier molecular flexibility index (Phi) is 5.87. The van der Waals surface area contributed by atoms with Crippen LogP contribution >= 0.6 is 0 Å². The molecular weight excluding hydrogens is 252 g/mol. The Morgan fingerprint density at radius 2 is 2.05 bits per heavy atom. The second-order valence-corrected chi connectivity index (χ2v) is 5.06. The Morgan fingerprint density at radius 3 is 2.80 bits per heavy atom. The van der Waals surface area contributed by atoms with Gasteiger partial charge in [-0.05, 0) is 25.8 Å². The molecule has 0 bridgehead atoms. The van der Waals surface area contributed by atoms with E-state index in [1.54, 1.807) is 0 Å². The fourth-order valence-electron chi connectivity index (χ4n) is 2.49. The topological polar surface area (TPSA) is 41.6 Å². The van der Waals surface area contributed by atoms with Gasteiger partial charge in [-0.1, -0.05) is 18.2 Å². The van der Waals surface area contributed by atoms with E-state index in [2.05, 4.69) is 11.4 Å². The van der Waals surface area contributed by atoms with Crippen LogP contribution in [0.25, 0.3) is 0 Å². The van der Waals surface area contributed by atoms with E-state index in [0.29, 0.717) is 13.0 Å². The molecule has 2 rings (SSSR count). The summed E-state index contributed by atoms with van der Waals surface area (Å²) >= 11 is 0. The van der Waals surface area contributed by atoms with Crippen LogP contribution < -0.4 is 10.1 Å². The number of amides is 1. The molecule has 0 atom stereocenters. The summed E-state index contributed by atoms with van der Waals surface area (Å²) in [7, 11) is 0. The zero-order chi connectivity index (χ0) is 14.2. The highest BCUT2D eigenvalue weighted by molar-refractivity contribution is 5.76. The summed E-state index contributed by atoms with van der Waals surface area (Å²) in [5.74, 6) is 1.20. The third-order valence-electron chi connectivity index (χ3n) is 3.56. The third kappa shape index (κ3) is 4.23. The lowest BCUT2D eigenvalue weighted by molar-refractivity contribution is -0.130. The average Bonchev–Trinajstić information content (AvgIpc) is 2.99. The van der Waals surface area contributed by atoms with Crippen LogP contribution in [0.15, 0.2) is 24.3 Å². The molecule has 1 saturated heterocycles. The van der Waals surface area contributed by atoms with E-state index in [-0.39, 0.29) is 5.91 Å². The predicted octanol–water partition coefficient (Wildman–Crippen LogP) is 2.19. The van der Waals surface area contributed by atoms with Crippen molar-refractivity contribution >= 4 is 5.91 Å². The third-order valence-corrected chi connectivity index (χ3v) is 3.56. The van der Waals surface area contributed by atoms with Crippen LogP contribution in [-0.2, 0) is 11.3 Å². The summed E-state index contributed by atoms with van der Waals surface area (Å²) in [4.78, 5) is 13.9. The SMILES string of the molecule is CCOc1ccccc1CNCCC(=O)N1CCCC1. The van der Waals surface area contributed by atoms with Crippen molar-refractivity contribution in [3.63, 3.8) is 0 Å². The maximum absolute atomic E-state index is 11.9. The monoisotopic (exact) mass is 276 g/mol. The molecule has 1 N–H and O–H groups in total. The summed E-state index contributed by atoms with van der Waals surface area (Å²) in [6.45, 7) is 5.99. The predicted molar refractivity (Wildman–Crippen MR) is 79.7 cm³/mol. The van der Waals surface area contributed by atoms with E-state index < -0.39 is 0 Å². The van der Waals surface area contributed by atoms with Gasteiger partial charge in [-0.2, -0.15) is 0 Å². The Bertz CT molecular complexity index is 428. The summed E-state index contributed by atoms with van der Waals surface area (Å²) in [6, 6.07) is 8.02. The molecule has 0 unspecified atom stereocenters. The Labute approximate surface area is 121 Å². The van der Waals surface area contributed by atoms with Crippen molar-refractivity contribution in [2.24, 2.45) is 0 Å². The van der Waals surface area contributed by atoms with Gasteiger partial charge in [0.15, 0.2) is 0 Å². The zero-order valence-electron chi connectivity index (χ0n) is 12.2. The number of nitrogens with zero attached hydrogens (tertiary/aromatic N) is 1. The summed E-state index contributed by atoms with van der Waals surface area (Å²) in [5, 5.41) is 3.33. The molecule has 1 aliphatic rings. The quantitative estimate of drug-likeness (QED) is 0.776. The molecule has 0 radical (unpaired) electrons. The van der Waals surface area contributed by atoms with Gasteiger partial charge in [-0.15, -0.1) is 0 Å². The number of nitrogens with one attached hydrogen (secondary N) is 1. The number of likely N-dealkylation sites (tertiary alicyclic amines) is 1. The minimum Gasteiger partial charge on any atom is -0.494 e. The maximum atomic E-state index is 11.9. The van der Waals surface area contributed by atoms with Crippen molar-refractivity contribution in [3.8, 4) is 5.75 Å². The van der Waals surface area contributed by atoms with Crippen molar-refractivity contribution in [1.29, 1.82) is 0 Å². The molecule has 0 spiro atoms. The lowest BCUT2D eigenvalue weighted by Gasteiger charge is -2.15. The number of hydrogen-bond acceptors (Lipinski definition) is 3. The molecule has 0 saturated carbocycles. The second-order valence-electron chi connectivity index (χ2n) is 5.06. The van der Waals surface area contributed by atoms with Crippen molar-refractivity contribution in [3.05, 3.63) is 29.8 Å². The van der Waals surface area contributed by atoms with Gasteiger partial charge in [0.2, 0.25) is 5.91 Å². The number of benzene rings is 1. The number of ether oxygens (including phenoxy) is 1. The molecule has 110 valence electrons. The van der Waals surface area contributed by atoms with Crippen LogP contribution in [-0.4, -0.2) is 37.0 Å². The van der Waals surface area contributed by atoms with Crippen LogP contribution in [0.3, 0.4) is 0 Å². The van der Waals surface area contributed by atoms with E-state index in [9.17, 15) is 4.79 Å². The number of hydrogen-bond donors (Lipinski definition) is 1. The first kappa shape index (κ1) is 14.9. The van der Waals surface area contributed by atoms with Gasteiger partial charge >= 0.3 is 0 Å². The average molecular weight is 276 g/mol. The Balaban J connectivity index is 1.71. The molecule has 1 aromatic rings. The number of carbonyl (C=O) groups is 1. The molecule has 0 aromatic heterocycles. The number of rotatable bonds is 7. The molecular formula is C16H24N2O2. The molecule has 0 aliphatic carbocycles. The van der Waals surface area contributed by atoms with Crippen molar-refractivity contribution in [2.75, 3.05) is 26.2 Å². The lowest BCUT2D eigenvalue weighted by atomic mass is 10.2. The van der Waals surface area contributed by atoms with Crippen LogP contribution in [0, 0.1) is 0 Å². The fraction of sp³-hybridized carbons (Fsp3) is 0.562. The molecule has 20 heavy (non-hydrogen) atoms. The molecule has 4 nitrogen and oxygen atoms in total. The smallest absolute Gasteiger partial charge is 0.223 e. The van der Waals surface area contributed by atoms with E-state index >= 15 is 0 Å². The molecule has 1 aliphatic heterocycles. The van der Waals surface area contributed by atoms with Gasteiger partial charge in [-0.3, -0.25) is 4.79 Å². The van der Waals surface area contributed by atoms with Gasteiger partial charge in [0.1, 0.15) is 5.75 Å². The van der Waals surface area contributed by atoms with E-state index in [1.807, 2.05) is 30.0 Å². The number of carbonyl (C=O) groups excluding carboxylic acids is 1. The van der Waals surface area contributed by atoms with Gasteiger partial charge in [0.25, 0.3) is 0 Å². The fourth-order valence-corrected chi connectivity index (χ4v) is 2.49. The van der Waals surface area contributed by atoms with Gasteiger partial charge in [0.05, 0.1) is 6.61 Å². The summed E-state index contributed by atoms with van der Waals surface area (Å²) in [6.07, 6.45) is 2.89.